The Morgan fingerprint density at radius 2 is 1.74 bits per heavy atom. The highest BCUT2D eigenvalue weighted by molar-refractivity contribution is 5.27. The molecule has 3 nitrogen and oxygen atoms in total. The molecule has 0 heterocycles. The van der Waals surface area contributed by atoms with E-state index >= 15 is 0 Å². The Balaban J connectivity index is 1.62. The van der Waals surface area contributed by atoms with Gasteiger partial charge in [0.05, 0.1) is 12.7 Å². The van der Waals surface area contributed by atoms with E-state index in [1.807, 2.05) is 12.1 Å². The SMILES string of the molecule is NCCc1ccc(OCCOC2CCCCC2)cc1. The molecule has 3 heteroatoms. The summed E-state index contributed by atoms with van der Waals surface area (Å²) >= 11 is 0. The van der Waals surface area contributed by atoms with Crippen LogP contribution in [0.4, 0.5) is 0 Å². The van der Waals surface area contributed by atoms with Gasteiger partial charge in [0.2, 0.25) is 0 Å². The summed E-state index contributed by atoms with van der Waals surface area (Å²) in [5.41, 5.74) is 6.78. The predicted molar refractivity (Wildman–Crippen MR) is 77.5 cm³/mol. The fourth-order valence-corrected chi connectivity index (χ4v) is 2.53. The van der Waals surface area contributed by atoms with Crippen LogP contribution in [0.1, 0.15) is 37.7 Å². The van der Waals surface area contributed by atoms with Crippen LogP contribution in [0.3, 0.4) is 0 Å². The van der Waals surface area contributed by atoms with E-state index in [4.69, 9.17) is 15.2 Å². The minimum absolute atomic E-state index is 0.462. The third kappa shape index (κ3) is 5.21. The van der Waals surface area contributed by atoms with E-state index in [2.05, 4.69) is 12.1 Å². The lowest BCUT2D eigenvalue weighted by molar-refractivity contribution is 0.0129. The molecule has 1 saturated carbocycles. The Morgan fingerprint density at radius 3 is 2.42 bits per heavy atom. The van der Waals surface area contributed by atoms with Crippen molar-refractivity contribution >= 4 is 0 Å². The Morgan fingerprint density at radius 1 is 1.00 bits per heavy atom. The van der Waals surface area contributed by atoms with Crippen LogP contribution in [0.5, 0.6) is 5.75 Å². The van der Waals surface area contributed by atoms with Gasteiger partial charge in [0.1, 0.15) is 12.4 Å². The van der Waals surface area contributed by atoms with Gasteiger partial charge in [-0.05, 0) is 43.5 Å². The summed E-state index contributed by atoms with van der Waals surface area (Å²) in [6.45, 7) is 2.01. The lowest BCUT2D eigenvalue weighted by atomic mass is 9.98. The summed E-state index contributed by atoms with van der Waals surface area (Å²) in [5.74, 6) is 0.910. The van der Waals surface area contributed by atoms with E-state index in [0.717, 1.165) is 12.2 Å². The number of rotatable bonds is 7. The van der Waals surface area contributed by atoms with E-state index in [1.54, 1.807) is 0 Å². The zero-order valence-electron chi connectivity index (χ0n) is 11.6. The van der Waals surface area contributed by atoms with Gasteiger partial charge in [0, 0.05) is 0 Å². The first-order valence-electron chi connectivity index (χ1n) is 7.42. The molecule has 1 aromatic rings. The topological polar surface area (TPSA) is 44.5 Å². The standard InChI is InChI=1S/C16H25NO2/c17-11-10-14-6-8-16(9-7-14)19-13-12-18-15-4-2-1-3-5-15/h6-9,15H,1-5,10-13,17H2. The normalized spacial score (nSPS) is 16.5. The molecule has 1 aromatic carbocycles. The molecule has 0 unspecified atom stereocenters. The van der Waals surface area contributed by atoms with Gasteiger partial charge < -0.3 is 15.2 Å². The van der Waals surface area contributed by atoms with Crippen molar-refractivity contribution in [2.45, 2.75) is 44.6 Å². The Labute approximate surface area is 116 Å². The highest BCUT2D eigenvalue weighted by Gasteiger charge is 2.13. The van der Waals surface area contributed by atoms with Crippen molar-refractivity contribution < 1.29 is 9.47 Å². The number of hydrogen-bond donors (Lipinski definition) is 1. The number of hydrogen-bond acceptors (Lipinski definition) is 3. The first-order valence-corrected chi connectivity index (χ1v) is 7.42. The van der Waals surface area contributed by atoms with E-state index in [1.165, 1.54) is 37.7 Å². The van der Waals surface area contributed by atoms with Crippen LogP contribution in [-0.4, -0.2) is 25.9 Å². The van der Waals surface area contributed by atoms with Crippen LogP contribution in [-0.2, 0) is 11.2 Å². The molecular weight excluding hydrogens is 238 g/mol. The van der Waals surface area contributed by atoms with Crippen molar-refractivity contribution in [1.82, 2.24) is 0 Å². The monoisotopic (exact) mass is 263 g/mol. The zero-order chi connectivity index (χ0) is 13.3. The van der Waals surface area contributed by atoms with Crippen LogP contribution >= 0.6 is 0 Å². The van der Waals surface area contributed by atoms with Gasteiger partial charge in [0.25, 0.3) is 0 Å². The second-order valence-electron chi connectivity index (χ2n) is 5.16. The maximum atomic E-state index is 5.83. The lowest BCUT2D eigenvalue weighted by Gasteiger charge is -2.21. The van der Waals surface area contributed by atoms with Gasteiger partial charge in [0.15, 0.2) is 0 Å². The summed E-state index contributed by atoms with van der Waals surface area (Å²) in [4.78, 5) is 0. The third-order valence-corrected chi connectivity index (χ3v) is 3.61. The lowest BCUT2D eigenvalue weighted by Crippen LogP contribution is -2.19. The van der Waals surface area contributed by atoms with Crippen LogP contribution in [0, 0.1) is 0 Å². The highest BCUT2D eigenvalue weighted by atomic mass is 16.5. The smallest absolute Gasteiger partial charge is 0.119 e. The Hall–Kier alpha value is -1.06. The molecule has 0 aliphatic heterocycles. The first-order chi connectivity index (χ1) is 9.38. The molecule has 1 aliphatic rings. The van der Waals surface area contributed by atoms with Crippen molar-refractivity contribution in [3.63, 3.8) is 0 Å². The Bertz CT molecular complexity index is 344. The predicted octanol–water partition coefficient (Wildman–Crippen LogP) is 2.92. The molecule has 106 valence electrons. The summed E-state index contributed by atoms with van der Waals surface area (Å²) in [7, 11) is 0. The van der Waals surface area contributed by atoms with Gasteiger partial charge in [-0.3, -0.25) is 0 Å². The van der Waals surface area contributed by atoms with E-state index in [0.29, 0.717) is 25.9 Å². The quantitative estimate of drug-likeness (QED) is 0.769. The van der Waals surface area contributed by atoms with Crippen molar-refractivity contribution in [2.24, 2.45) is 5.73 Å². The molecule has 0 atom stereocenters. The van der Waals surface area contributed by atoms with Crippen molar-refractivity contribution in [2.75, 3.05) is 19.8 Å². The van der Waals surface area contributed by atoms with Crippen LogP contribution < -0.4 is 10.5 Å². The van der Waals surface area contributed by atoms with Crippen molar-refractivity contribution in [3.8, 4) is 5.75 Å². The van der Waals surface area contributed by atoms with Crippen molar-refractivity contribution in [3.05, 3.63) is 29.8 Å². The average Bonchev–Trinajstić information content (AvgIpc) is 2.47. The molecule has 2 N–H and O–H groups in total. The summed E-state index contributed by atoms with van der Waals surface area (Å²) in [5, 5.41) is 0. The molecule has 0 saturated heterocycles. The third-order valence-electron chi connectivity index (χ3n) is 3.61. The number of nitrogens with two attached hydrogens (primary N) is 1. The largest absolute Gasteiger partial charge is 0.491 e. The van der Waals surface area contributed by atoms with Gasteiger partial charge >= 0.3 is 0 Å². The summed E-state index contributed by atoms with van der Waals surface area (Å²) in [6, 6.07) is 8.16. The minimum Gasteiger partial charge on any atom is -0.491 e. The summed E-state index contributed by atoms with van der Waals surface area (Å²) in [6.07, 6.45) is 7.81. The zero-order valence-corrected chi connectivity index (χ0v) is 11.6. The number of ether oxygens (including phenoxy) is 2. The molecule has 2 rings (SSSR count). The van der Waals surface area contributed by atoms with Crippen LogP contribution in [0.25, 0.3) is 0 Å². The average molecular weight is 263 g/mol. The van der Waals surface area contributed by atoms with Crippen molar-refractivity contribution in [1.29, 1.82) is 0 Å². The maximum Gasteiger partial charge on any atom is 0.119 e. The highest BCUT2D eigenvalue weighted by Crippen LogP contribution is 2.20. The van der Waals surface area contributed by atoms with Gasteiger partial charge in [-0.25, -0.2) is 0 Å². The number of benzene rings is 1. The molecule has 1 aliphatic carbocycles. The second kappa shape index (κ2) is 8.18. The molecule has 19 heavy (non-hydrogen) atoms. The molecular formula is C16H25NO2. The maximum absolute atomic E-state index is 5.83. The fourth-order valence-electron chi connectivity index (χ4n) is 2.53. The Kier molecular flexibility index (Phi) is 6.18. The van der Waals surface area contributed by atoms with Crippen LogP contribution in [0.15, 0.2) is 24.3 Å². The molecule has 0 aromatic heterocycles. The van der Waals surface area contributed by atoms with Gasteiger partial charge in [-0.2, -0.15) is 0 Å². The van der Waals surface area contributed by atoms with Gasteiger partial charge in [-0.15, -0.1) is 0 Å². The molecule has 0 bridgehead atoms. The molecule has 0 spiro atoms. The molecule has 0 radical (unpaired) electrons. The van der Waals surface area contributed by atoms with E-state index in [9.17, 15) is 0 Å². The minimum atomic E-state index is 0.462. The molecule has 1 fully saturated rings. The van der Waals surface area contributed by atoms with Gasteiger partial charge in [-0.1, -0.05) is 31.4 Å². The fraction of sp³-hybridized carbons (Fsp3) is 0.625. The molecule has 0 amide bonds. The summed E-state index contributed by atoms with van der Waals surface area (Å²) < 4.78 is 11.5. The van der Waals surface area contributed by atoms with E-state index in [-0.39, 0.29) is 0 Å². The second-order valence-corrected chi connectivity index (χ2v) is 5.16. The first kappa shape index (κ1) is 14.4. The van der Waals surface area contributed by atoms with Crippen LogP contribution in [0.2, 0.25) is 0 Å². The van der Waals surface area contributed by atoms with E-state index < -0.39 is 0 Å².